The van der Waals surface area contributed by atoms with Gasteiger partial charge in [0, 0.05) is 40.4 Å². The van der Waals surface area contributed by atoms with E-state index in [-0.39, 0.29) is 23.1 Å². The molecule has 0 aliphatic carbocycles. The quantitative estimate of drug-likeness (QED) is 0.362. The Labute approximate surface area is 189 Å². The molecule has 1 aliphatic heterocycles. The van der Waals surface area contributed by atoms with Crippen molar-refractivity contribution in [3.8, 4) is 11.5 Å². The van der Waals surface area contributed by atoms with Gasteiger partial charge in [0.25, 0.3) is 0 Å². The van der Waals surface area contributed by atoms with Crippen molar-refractivity contribution in [1.82, 2.24) is 4.98 Å². The Morgan fingerprint density at radius 1 is 1.10 bits per heavy atom. The van der Waals surface area contributed by atoms with E-state index in [0.717, 1.165) is 27.6 Å². The number of carbonyl (C=O) groups is 1. The average Bonchev–Trinajstić information content (AvgIpc) is 3.25. The topological polar surface area (TPSA) is 68.7 Å². The van der Waals surface area contributed by atoms with Crippen molar-refractivity contribution in [1.29, 1.82) is 0 Å². The first kappa shape index (κ1) is 21.2. The van der Waals surface area contributed by atoms with Crippen LogP contribution in [0.2, 0.25) is 0 Å². The third-order valence-corrected chi connectivity index (χ3v) is 6.61. The van der Waals surface area contributed by atoms with Crippen LogP contribution in [-0.2, 0) is 11.2 Å². The van der Waals surface area contributed by atoms with Crippen LogP contribution in [0.1, 0.15) is 32.5 Å². The van der Waals surface area contributed by atoms with Gasteiger partial charge in [-0.1, -0.05) is 36.4 Å². The Morgan fingerprint density at radius 2 is 1.73 bits per heavy atom. The first-order valence-corrected chi connectivity index (χ1v) is 11.7. The summed E-state index contributed by atoms with van der Waals surface area (Å²) >= 11 is 9.60. The highest BCUT2D eigenvalue weighted by Gasteiger charge is 2.29. The van der Waals surface area contributed by atoms with Crippen LogP contribution in [0, 0.1) is 0 Å². The van der Waals surface area contributed by atoms with Crippen molar-refractivity contribution >= 4 is 42.6 Å². The first-order valence-electron chi connectivity index (χ1n) is 9.51. The molecule has 156 valence electrons. The molecule has 3 aromatic rings. The van der Waals surface area contributed by atoms with Crippen LogP contribution in [-0.4, -0.2) is 39.8 Å². The summed E-state index contributed by atoms with van der Waals surface area (Å²) in [4.78, 5) is 17.0. The zero-order chi connectivity index (χ0) is 21.1. The number of benzene rings is 2. The van der Waals surface area contributed by atoms with Gasteiger partial charge in [-0.3, -0.25) is 0 Å². The summed E-state index contributed by atoms with van der Waals surface area (Å²) in [7, 11) is 0. The van der Waals surface area contributed by atoms with Gasteiger partial charge in [0.1, 0.15) is 23.7 Å². The van der Waals surface area contributed by atoms with Gasteiger partial charge in [-0.25, -0.2) is 9.78 Å². The molecule has 0 fully saturated rings. The number of hydrogen-bond acceptors (Lipinski definition) is 8. The molecule has 1 N–H and O–H groups in total. The maximum Gasteiger partial charge on any atom is 0.358 e. The molecule has 2 aromatic carbocycles. The van der Waals surface area contributed by atoms with E-state index in [1.807, 2.05) is 36.4 Å². The fourth-order valence-corrected chi connectivity index (χ4v) is 4.82. The number of ether oxygens (including phenoxy) is 2. The third kappa shape index (κ3) is 4.37. The molecule has 2 atom stereocenters. The number of aliphatic hydroxyl groups excluding tert-OH is 1. The highest BCUT2D eigenvalue weighted by Crippen LogP contribution is 2.45. The van der Waals surface area contributed by atoms with Gasteiger partial charge in [-0.05, 0) is 12.1 Å². The number of aromatic nitrogens is 1. The molecular weight excluding hydrogens is 438 g/mol. The number of thiazole rings is 1. The van der Waals surface area contributed by atoms with Crippen LogP contribution in [0.15, 0.2) is 53.9 Å². The van der Waals surface area contributed by atoms with Crippen LogP contribution < -0.4 is 4.74 Å². The van der Waals surface area contributed by atoms with E-state index in [4.69, 9.17) is 9.47 Å². The van der Waals surface area contributed by atoms with E-state index < -0.39 is 18.2 Å². The van der Waals surface area contributed by atoms with E-state index in [9.17, 15) is 9.90 Å². The molecule has 4 rings (SSSR count). The summed E-state index contributed by atoms with van der Waals surface area (Å²) in [5.41, 5.74) is 2.44. The van der Waals surface area contributed by atoms with Gasteiger partial charge < -0.3 is 14.6 Å². The summed E-state index contributed by atoms with van der Waals surface area (Å²) in [6.45, 7) is 0. The average molecular weight is 460 g/mol. The SMILES string of the molecule is O=C(OC(CS)C(O)CS)c1csc(CC2c3ccccc3Oc3ccccc32)n1. The van der Waals surface area contributed by atoms with E-state index in [2.05, 4.69) is 42.4 Å². The number of para-hydroxylation sites is 2. The maximum atomic E-state index is 12.5. The lowest BCUT2D eigenvalue weighted by molar-refractivity contribution is -0.00170. The smallest absolute Gasteiger partial charge is 0.358 e. The number of thiol groups is 2. The van der Waals surface area contributed by atoms with Crippen molar-refractivity contribution in [2.75, 3.05) is 11.5 Å². The molecule has 0 spiro atoms. The van der Waals surface area contributed by atoms with Crippen molar-refractivity contribution < 1.29 is 19.4 Å². The standard InChI is InChI=1S/C22H21NO4S3/c24-17(10-28)20(11-29)27-22(25)16-12-30-21(23-16)9-15-13-5-1-3-7-18(13)26-19-8-4-2-6-14(15)19/h1-8,12,15,17,20,24,28-29H,9-11H2. The minimum Gasteiger partial charge on any atom is -0.457 e. The van der Waals surface area contributed by atoms with Crippen LogP contribution in [0.3, 0.4) is 0 Å². The zero-order valence-electron chi connectivity index (χ0n) is 16.0. The fourth-order valence-electron chi connectivity index (χ4n) is 3.45. The monoisotopic (exact) mass is 459 g/mol. The number of nitrogens with zero attached hydrogens (tertiary/aromatic N) is 1. The summed E-state index contributed by atoms with van der Waals surface area (Å²) < 4.78 is 11.4. The van der Waals surface area contributed by atoms with Gasteiger partial charge in [-0.2, -0.15) is 25.3 Å². The fraction of sp³-hybridized carbons (Fsp3) is 0.273. The van der Waals surface area contributed by atoms with Crippen molar-refractivity contribution in [3.63, 3.8) is 0 Å². The van der Waals surface area contributed by atoms with E-state index in [1.165, 1.54) is 11.3 Å². The molecule has 30 heavy (non-hydrogen) atoms. The first-order chi connectivity index (χ1) is 14.6. The number of aliphatic hydroxyl groups is 1. The molecule has 8 heteroatoms. The molecule has 0 radical (unpaired) electrons. The maximum absolute atomic E-state index is 12.5. The largest absolute Gasteiger partial charge is 0.457 e. The molecule has 2 unspecified atom stereocenters. The Bertz CT molecular complexity index is 993. The van der Waals surface area contributed by atoms with Gasteiger partial charge in [0.2, 0.25) is 0 Å². The Hall–Kier alpha value is -2.00. The summed E-state index contributed by atoms with van der Waals surface area (Å²) in [5.74, 6) is 1.59. The third-order valence-electron chi connectivity index (χ3n) is 5.00. The summed E-state index contributed by atoms with van der Waals surface area (Å²) in [6, 6.07) is 16.0. The molecule has 1 aromatic heterocycles. The second kappa shape index (κ2) is 9.43. The molecule has 0 bridgehead atoms. The van der Waals surface area contributed by atoms with Crippen molar-refractivity contribution in [2.45, 2.75) is 24.5 Å². The number of hydrogen-bond donors (Lipinski definition) is 3. The number of fused-ring (bicyclic) bond motifs is 2. The van der Waals surface area contributed by atoms with E-state index >= 15 is 0 Å². The molecular formula is C22H21NO4S3. The molecule has 2 heterocycles. The highest BCUT2D eigenvalue weighted by molar-refractivity contribution is 7.80. The lowest BCUT2D eigenvalue weighted by atomic mass is 9.86. The molecule has 0 saturated heterocycles. The Balaban J connectivity index is 1.55. The normalized spacial score (nSPS) is 14.9. The lowest BCUT2D eigenvalue weighted by Gasteiger charge is -2.27. The Kier molecular flexibility index (Phi) is 6.67. The molecule has 0 amide bonds. The van der Waals surface area contributed by atoms with Crippen LogP contribution in [0.5, 0.6) is 11.5 Å². The minimum atomic E-state index is -0.872. The molecule has 5 nitrogen and oxygen atoms in total. The Morgan fingerprint density at radius 3 is 2.33 bits per heavy atom. The predicted molar refractivity (Wildman–Crippen MR) is 124 cm³/mol. The highest BCUT2D eigenvalue weighted by atomic mass is 32.1. The summed E-state index contributed by atoms with van der Waals surface area (Å²) in [5, 5.41) is 12.4. The lowest BCUT2D eigenvalue weighted by Crippen LogP contribution is -2.34. The number of rotatable bonds is 7. The minimum absolute atomic E-state index is 0.0809. The van der Waals surface area contributed by atoms with E-state index in [1.54, 1.807) is 5.38 Å². The van der Waals surface area contributed by atoms with Gasteiger partial charge >= 0.3 is 5.97 Å². The molecule has 1 aliphatic rings. The van der Waals surface area contributed by atoms with Gasteiger partial charge in [0.05, 0.1) is 5.01 Å². The second-order valence-corrected chi connectivity index (χ2v) is 8.61. The van der Waals surface area contributed by atoms with Crippen molar-refractivity contribution in [2.24, 2.45) is 0 Å². The zero-order valence-corrected chi connectivity index (χ0v) is 18.6. The van der Waals surface area contributed by atoms with Crippen molar-refractivity contribution in [3.05, 3.63) is 75.7 Å². The number of esters is 1. The van der Waals surface area contributed by atoms with E-state index in [0.29, 0.717) is 6.42 Å². The van der Waals surface area contributed by atoms with Crippen LogP contribution in [0.4, 0.5) is 0 Å². The summed E-state index contributed by atoms with van der Waals surface area (Å²) in [6.07, 6.45) is -0.953. The number of carbonyl (C=O) groups excluding carboxylic acids is 1. The predicted octanol–water partition coefficient (Wildman–Crippen LogP) is 4.37. The van der Waals surface area contributed by atoms with Gasteiger partial charge in [0.15, 0.2) is 5.69 Å². The van der Waals surface area contributed by atoms with Crippen LogP contribution in [0.25, 0.3) is 0 Å². The molecule has 0 saturated carbocycles. The van der Waals surface area contributed by atoms with Gasteiger partial charge in [-0.15, -0.1) is 11.3 Å². The second-order valence-electron chi connectivity index (χ2n) is 6.94. The van der Waals surface area contributed by atoms with Crippen LogP contribution >= 0.6 is 36.6 Å².